The van der Waals surface area contributed by atoms with Crippen LogP contribution in [0, 0.1) is 44.2 Å². The van der Waals surface area contributed by atoms with Gasteiger partial charge < -0.3 is 14.0 Å². The molecular formula is C31H23IrN5O-2. The van der Waals surface area contributed by atoms with Crippen LogP contribution in [0.3, 0.4) is 0 Å². The molecular weight excluding hydrogens is 651 g/mol. The molecule has 0 unspecified atom stereocenters. The summed E-state index contributed by atoms with van der Waals surface area (Å²) in [5, 5.41) is 8.72. The molecule has 0 aliphatic heterocycles. The van der Waals surface area contributed by atoms with Crippen LogP contribution in [-0.2, 0) is 20.1 Å². The summed E-state index contributed by atoms with van der Waals surface area (Å²) in [4.78, 5) is 13.1. The molecule has 0 spiro atoms. The van der Waals surface area contributed by atoms with Crippen molar-refractivity contribution in [3.63, 3.8) is 0 Å². The molecule has 3 aromatic carbocycles. The molecule has 6 aromatic rings. The number of fused-ring (bicyclic) bond motifs is 1. The summed E-state index contributed by atoms with van der Waals surface area (Å²) in [7, 11) is 0. The van der Waals surface area contributed by atoms with E-state index in [0.717, 1.165) is 39.4 Å². The molecule has 0 atom stereocenters. The number of nitrogens with zero attached hydrogens (tertiary/aromatic N) is 5. The minimum absolute atomic E-state index is 0. The zero-order valence-corrected chi connectivity index (χ0v) is 23.5. The van der Waals surface area contributed by atoms with Crippen LogP contribution in [0.5, 0.6) is 0 Å². The molecule has 6 rings (SSSR count). The van der Waals surface area contributed by atoms with Crippen LogP contribution in [0.4, 0.5) is 0 Å². The molecule has 0 saturated heterocycles. The molecule has 3 aromatic heterocycles. The second kappa shape index (κ2) is 11.8. The van der Waals surface area contributed by atoms with E-state index in [1.807, 2.05) is 49.6 Å². The van der Waals surface area contributed by atoms with Crippen molar-refractivity contribution in [2.45, 2.75) is 20.8 Å². The van der Waals surface area contributed by atoms with Gasteiger partial charge in [-0.2, -0.15) is 5.26 Å². The predicted octanol–water partition coefficient (Wildman–Crippen LogP) is 6.82. The summed E-state index contributed by atoms with van der Waals surface area (Å²) in [6, 6.07) is 29.4. The first kappa shape index (κ1) is 26.7. The van der Waals surface area contributed by atoms with Crippen molar-refractivity contribution in [2.75, 3.05) is 0 Å². The topological polar surface area (TPSA) is 80.5 Å². The molecule has 0 N–H and O–H groups in total. The molecule has 38 heavy (non-hydrogen) atoms. The van der Waals surface area contributed by atoms with Gasteiger partial charge in [0.15, 0.2) is 5.89 Å². The Morgan fingerprint density at radius 1 is 0.895 bits per heavy atom. The second-order valence-electron chi connectivity index (χ2n) is 8.51. The molecule has 0 fully saturated rings. The van der Waals surface area contributed by atoms with E-state index in [0.29, 0.717) is 11.5 Å². The van der Waals surface area contributed by atoms with E-state index >= 15 is 0 Å². The first-order valence-corrected chi connectivity index (χ1v) is 11.8. The number of benzene rings is 3. The van der Waals surface area contributed by atoms with Crippen molar-refractivity contribution in [3.05, 3.63) is 120 Å². The quantitative estimate of drug-likeness (QED) is 0.193. The second-order valence-corrected chi connectivity index (χ2v) is 8.51. The third kappa shape index (κ3) is 5.63. The zero-order valence-electron chi connectivity index (χ0n) is 21.1. The van der Waals surface area contributed by atoms with E-state index in [-0.39, 0.29) is 20.1 Å². The Labute approximate surface area is 235 Å². The summed E-state index contributed by atoms with van der Waals surface area (Å²) >= 11 is 0. The third-order valence-electron chi connectivity index (χ3n) is 5.86. The van der Waals surface area contributed by atoms with Gasteiger partial charge in [-0.05, 0) is 42.3 Å². The minimum atomic E-state index is 0. The molecule has 7 heteroatoms. The average Bonchev–Trinajstić information content (AvgIpc) is 3.55. The fourth-order valence-corrected chi connectivity index (χ4v) is 4.19. The number of aromatic nitrogens is 4. The monoisotopic (exact) mass is 674 g/mol. The molecule has 0 amide bonds. The smallest absolute Gasteiger partial charge is 0.180 e. The number of imidazole rings is 1. The summed E-state index contributed by atoms with van der Waals surface area (Å²) in [5.74, 6) is 1.51. The number of hydrogen-bond donors (Lipinski definition) is 0. The van der Waals surface area contributed by atoms with Crippen LogP contribution in [0.15, 0.2) is 89.7 Å². The van der Waals surface area contributed by atoms with Crippen molar-refractivity contribution in [2.24, 2.45) is 0 Å². The number of aryl methyl sites for hydroxylation is 3. The van der Waals surface area contributed by atoms with Crippen LogP contribution in [0.25, 0.3) is 39.4 Å². The number of rotatable bonds is 3. The van der Waals surface area contributed by atoms with Crippen LogP contribution >= 0.6 is 0 Å². The maximum Gasteiger partial charge on any atom is 0.180 e. The van der Waals surface area contributed by atoms with E-state index < -0.39 is 0 Å². The Hall–Kier alpha value is -4.37. The predicted molar refractivity (Wildman–Crippen MR) is 143 cm³/mol. The van der Waals surface area contributed by atoms with Gasteiger partial charge >= 0.3 is 0 Å². The van der Waals surface area contributed by atoms with Gasteiger partial charge in [0, 0.05) is 56.8 Å². The fourth-order valence-electron chi connectivity index (χ4n) is 4.19. The van der Waals surface area contributed by atoms with Gasteiger partial charge in [0.05, 0.1) is 17.5 Å². The van der Waals surface area contributed by atoms with Gasteiger partial charge in [0.25, 0.3) is 0 Å². The number of nitriles is 1. The normalized spacial score (nSPS) is 10.3. The molecule has 0 aliphatic rings. The van der Waals surface area contributed by atoms with E-state index in [2.05, 4.69) is 69.8 Å². The van der Waals surface area contributed by atoms with E-state index in [1.165, 1.54) is 11.1 Å². The largest absolute Gasteiger partial charge is 0.488 e. The van der Waals surface area contributed by atoms with Gasteiger partial charge in [-0.25, -0.2) is 4.98 Å². The minimum Gasteiger partial charge on any atom is -0.488 e. The van der Waals surface area contributed by atoms with Gasteiger partial charge in [0.1, 0.15) is 0 Å². The SMILES string of the molecule is Cc1nc2cc(-c3nccn3-c3c(C)cccc3C)[c-]cc2o1.N#Cc1cc[c-]c(-c2ccccn2)c1.[Ir]. The van der Waals surface area contributed by atoms with Crippen LogP contribution in [0.2, 0.25) is 0 Å². The number of para-hydroxylation sites is 1. The zero-order chi connectivity index (χ0) is 25.8. The molecule has 1 radical (unpaired) electrons. The summed E-state index contributed by atoms with van der Waals surface area (Å²) in [6.07, 6.45) is 5.52. The van der Waals surface area contributed by atoms with E-state index in [9.17, 15) is 0 Å². The molecule has 0 saturated carbocycles. The first-order valence-electron chi connectivity index (χ1n) is 11.8. The van der Waals surface area contributed by atoms with Crippen LogP contribution in [0.1, 0.15) is 22.6 Å². The van der Waals surface area contributed by atoms with Crippen molar-refractivity contribution in [3.8, 4) is 34.4 Å². The average molecular weight is 674 g/mol. The van der Waals surface area contributed by atoms with Gasteiger partial charge in [0.2, 0.25) is 0 Å². The fraction of sp³-hybridized carbons (Fsp3) is 0.0968. The third-order valence-corrected chi connectivity index (χ3v) is 5.86. The number of hydrogen-bond acceptors (Lipinski definition) is 5. The standard InChI is InChI=1S/C19H16N3O.C12H7N2.Ir/c1-12-5-4-6-13(2)18(12)22-10-9-20-19(22)15-7-8-17-16(11-15)21-14(3)23-17;13-9-10-4-3-5-11(8-10)12-6-1-2-7-14-12;/h4-6,8-11H,1-3H3;1-4,6-8H;/q2*-1;. The summed E-state index contributed by atoms with van der Waals surface area (Å²) in [6.45, 7) is 6.07. The van der Waals surface area contributed by atoms with E-state index in [4.69, 9.17) is 9.68 Å². The first-order chi connectivity index (χ1) is 18.0. The summed E-state index contributed by atoms with van der Waals surface area (Å²) in [5.41, 5.74) is 8.37. The van der Waals surface area contributed by atoms with Crippen LogP contribution in [-0.4, -0.2) is 19.5 Å². The van der Waals surface area contributed by atoms with Crippen molar-refractivity contribution in [1.82, 2.24) is 19.5 Å². The van der Waals surface area contributed by atoms with Gasteiger partial charge in [-0.1, -0.05) is 30.3 Å². The maximum absolute atomic E-state index is 8.72. The maximum atomic E-state index is 8.72. The Bertz CT molecular complexity index is 1710. The Balaban J connectivity index is 0.000000193. The molecule has 189 valence electrons. The number of pyridine rings is 1. The molecule has 6 nitrogen and oxygen atoms in total. The van der Waals surface area contributed by atoms with E-state index in [1.54, 1.807) is 24.4 Å². The molecule has 0 bridgehead atoms. The van der Waals surface area contributed by atoms with Gasteiger partial charge in [-0.3, -0.25) is 4.98 Å². The van der Waals surface area contributed by atoms with Crippen LogP contribution < -0.4 is 0 Å². The molecule has 3 heterocycles. The van der Waals surface area contributed by atoms with Gasteiger partial charge in [-0.15, -0.1) is 53.6 Å². The Kier molecular flexibility index (Phi) is 8.28. The molecule has 0 aliphatic carbocycles. The Morgan fingerprint density at radius 3 is 2.45 bits per heavy atom. The summed E-state index contributed by atoms with van der Waals surface area (Å²) < 4.78 is 7.63. The number of oxazole rings is 1. The van der Waals surface area contributed by atoms with Crippen molar-refractivity contribution in [1.29, 1.82) is 5.26 Å². The van der Waals surface area contributed by atoms with Crippen molar-refractivity contribution >= 4 is 11.1 Å². The van der Waals surface area contributed by atoms with Crippen molar-refractivity contribution < 1.29 is 24.5 Å². The Morgan fingerprint density at radius 2 is 1.71 bits per heavy atom.